The fourth-order valence-corrected chi connectivity index (χ4v) is 13.6. The number of ether oxygens (including phenoxy) is 3. The predicted octanol–water partition coefficient (Wildman–Crippen LogP) is 10.5. The van der Waals surface area contributed by atoms with Crippen molar-refractivity contribution in [2.45, 2.75) is 6.92 Å². The average Bonchev–Trinajstić information content (AvgIpc) is 3.39. The van der Waals surface area contributed by atoms with Gasteiger partial charge in [0.05, 0.1) is 0 Å². The van der Waals surface area contributed by atoms with E-state index in [4.69, 9.17) is 60.6 Å². The number of rotatable bonds is 15. The maximum absolute atomic E-state index is 15.8. The molecule has 0 fully saturated rings. The van der Waals surface area contributed by atoms with Crippen molar-refractivity contribution >= 4 is 102 Å². The normalized spacial score (nSPS) is 11.6. The molecule has 7 rings (SSSR count). The maximum atomic E-state index is 15.8. The summed E-state index contributed by atoms with van der Waals surface area (Å²) in [6.45, 7) is 5.03. The standard InChI is InChI=1S/C24BCl4F16.C24H27O3Se/c26-5-1(9(30)17(38)21(42)13(5)34)25(2-6(27)14(35)22(43)18(39)10(2)31,3-7(28)15(36)23(44)19(40)11(3)32)4-8(29)16(37)24(45)20(41)12(4)33;1-2-25-17-18-26-19-20-27-23-15-9-10-16-24(23)28(21-11-5-3-6-12-21)22-13-7-4-8-14-22/h;3-16H,2,17-20H2,1H3/q-1;+1. The Balaban J connectivity index is 0.000000265. The van der Waals surface area contributed by atoms with Gasteiger partial charge >= 0.3 is 172 Å². The zero-order valence-corrected chi connectivity index (χ0v) is 41.1. The first-order valence-electron chi connectivity index (χ1n) is 20.6. The summed E-state index contributed by atoms with van der Waals surface area (Å²) in [7, 11) is 0. The minimum absolute atomic E-state index is 0.533. The van der Waals surface area contributed by atoms with Gasteiger partial charge in [-0.1, -0.05) is 46.4 Å². The summed E-state index contributed by atoms with van der Waals surface area (Å²) >= 11 is 20.8. The van der Waals surface area contributed by atoms with Crippen molar-refractivity contribution in [2.24, 2.45) is 0 Å². The van der Waals surface area contributed by atoms with Crippen molar-refractivity contribution in [1.29, 1.82) is 0 Å². The van der Waals surface area contributed by atoms with Crippen molar-refractivity contribution in [1.82, 2.24) is 0 Å². The van der Waals surface area contributed by atoms with E-state index >= 15 is 17.6 Å². The molecule has 0 saturated carbocycles. The fraction of sp³-hybridized carbons (Fsp3) is 0.125. The second-order valence-corrected chi connectivity index (χ2v) is 20.5. The topological polar surface area (TPSA) is 27.7 Å². The second-order valence-electron chi connectivity index (χ2n) is 14.8. The third-order valence-electron chi connectivity index (χ3n) is 10.8. The molecule has 0 saturated heterocycles. The Morgan fingerprint density at radius 2 is 0.644 bits per heavy atom. The van der Waals surface area contributed by atoms with Gasteiger partial charge in [-0.25, -0.2) is 70.2 Å². The Morgan fingerprint density at radius 3 is 0.986 bits per heavy atom. The minimum atomic E-state index is -6.24. The summed E-state index contributed by atoms with van der Waals surface area (Å²) in [6.07, 6.45) is -6.24. The number of para-hydroxylation sites is 1. The molecular weight excluding hydrogens is 1160 g/mol. The maximum Gasteiger partial charge on any atom is 0.198 e. The van der Waals surface area contributed by atoms with Crippen molar-refractivity contribution in [3.05, 3.63) is 198 Å². The molecule has 0 amide bonds. The average molecular weight is 1190 g/mol. The molecule has 7 aromatic rings. The van der Waals surface area contributed by atoms with Gasteiger partial charge in [0, 0.05) is 20.1 Å². The first-order chi connectivity index (χ1) is 34.6. The van der Waals surface area contributed by atoms with Crippen LogP contribution in [-0.4, -0.2) is 53.1 Å². The smallest absolute Gasteiger partial charge is 0.198 e. The van der Waals surface area contributed by atoms with Gasteiger partial charge in [0.25, 0.3) is 0 Å². The number of hydrogen-bond acceptors (Lipinski definition) is 3. The van der Waals surface area contributed by atoms with E-state index in [1.807, 2.05) is 13.0 Å². The molecule has 0 unspecified atom stereocenters. The molecule has 7 aromatic carbocycles. The van der Waals surface area contributed by atoms with Crippen LogP contribution in [0.25, 0.3) is 0 Å². The largest absolute Gasteiger partial charge is 0.207 e. The van der Waals surface area contributed by atoms with Gasteiger partial charge < -0.3 is 0 Å². The second kappa shape index (κ2) is 24.0. The van der Waals surface area contributed by atoms with Crippen LogP contribution in [0, 0.1) is 93.1 Å². The van der Waals surface area contributed by atoms with Crippen LogP contribution in [0.15, 0.2) is 84.9 Å². The fourth-order valence-electron chi connectivity index (χ4n) is 7.69. The molecule has 3 nitrogen and oxygen atoms in total. The summed E-state index contributed by atoms with van der Waals surface area (Å²) in [5, 5.41) is -9.69. The summed E-state index contributed by atoms with van der Waals surface area (Å²) < 4.78 is 259. The molecule has 386 valence electrons. The Morgan fingerprint density at radius 1 is 0.356 bits per heavy atom. The van der Waals surface area contributed by atoms with Crippen LogP contribution in [-0.2, 0) is 9.47 Å². The van der Waals surface area contributed by atoms with Crippen LogP contribution < -0.4 is 40.0 Å². The molecule has 0 radical (unpaired) electrons. The zero-order valence-electron chi connectivity index (χ0n) is 36.4. The van der Waals surface area contributed by atoms with Crippen LogP contribution in [0.4, 0.5) is 70.2 Å². The molecule has 25 heteroatoms. The van der Waals surface area contributed by atoms with Gasteiger partial charge in [0.2, 0.25) is 0 Å². The molecule has 0 spiro atoms. The third kappa shape index (κ3) is 10.6. The minimum Gasteiger partial charge on any atom is -0.207 e. The Labute approximate surface area is 427 Å². The van der Waals surface area contributed by atoms with Crippen molar-refractivity contribution in [2.75, 3.05) is 33.0 Å². The molecule has 0 aliphatic carbocycles. The van der Waals surface area contributed by atoms with Crippen LogP contribution in [0.1, 0.15) is 6.92 Å². The van der Waals surface area contributed by atoms with Gasteiger partial charge in [0.1, 0.15) is 29.4 Å². The van der Waals surface area contributed by atoms with Crippen molar-refractivity contribution in [3.8, 4) is 5.75 Å². The van der Waals surface area contributed by atoms with Crippen LogP contribution >= 0.6 is 46.4 Å². The van der Waals surface area contributed by atoms with Gasteiger partial charge in [-0.05, 0) is 0 Å². The number of benzene rings is 7. The molecule has 0 bridgehead atoms. The quantitative estimate of drug-likeness (QED) is 0.0337. The van der Waals surface area contributed by atoms with E-state index in [2.05, 4.69) is 78.9 Å². The molecular formula is C48H27BCl4F16O3Se. The molecule has 0 N–H and O–H groups in total. The van der Waals surface area contributed by atoms with Gasteiger partial charge in [0.15, 0.2) is 69.8 Å². The van der Waals surface area contributed by atoms with Crippen LogP contribution in [0.5, 0.6) is 5.75 Å². The molecule has 0 aliphatic rings. The van der Waals surface area contributed by atoms with Gasteiger partial charge in [-0.2, -0.15) is 0 Å². The first kappa shape index (κ1) is 57.2. The van der Waals surface area contributed by atoms with Crippen molar-refractivity contribution < 1.29 is 84.5 Å². The van der Waals surface area contributed by atoms with Gasteiger partial charge in [-0.3, -0.25) is 0 Å². The molecule has 0 atom stereocenters. The molecule has 0 aliphatic heterocycles. The van der Waals surface area contributed by atoms with E-state index in [1.165, 1.54) is 13.4 Å². The van der Waals surface area contributed by atoms with Crippen molar-refractivity contribution in [3.63, 3.8) is 0 Å². The van der Waals surface area contributed by atoms with E-state index in [0.29, 0.717) is 26.4 Å². The summed E-state index contributed by atoms with van der Waals surface area (Å²) in [4.78, 5) is 0. The Hall–Kier alpha value is -5.12. The van der Waals surface area contributed by atoms with E-state index in [0.717, 1.165) is 12.4 Å². The zero-order chi connectivity index (χ0) is 53.8. The predicted molar refractivity (Wildman–Crippen MR) is 246 cm³/mol. The summed E-state index contributed by atoms with van der Waals surface area (Å²) in [6, 6.07) is 29.9. The SMILES string of the molecule is CCOCCOCCOc1ccccc1[Se+](c1ccccc1)c1ccccc1.Fc1c(F)c(F)c([B-](c2c(F)c(F)c(F)c(F)c2Cl)(c2c(F)c(F)c(F)c(F)c2Cl)c2c(F)c(F)c(F)c(F)c2Cl)c(Cl)c1F. The Bertz CT molecular complexity index is 2760. The summed E-state index contributed by atoms with van der Waals surface area (Å²) in [5.41, 5.74) is -10.7. The van der Waals surface area contributed by atoms with Crippen LogP contribution in [0.3, 0.4) is 0 Å². The van der Waals surface area contributed by atoms with E-state index < -0.39 is 155 Å². The van der Waals surface area contributed by atoms with E-state index in [1.54, 1.807) is 0 Å². The number of halogens is 20. The molecule has 0 heterocycles. The molecule has 0 aromatic heterocycles. The van der Waals surface area contributed by atoms with Gasteiger partial charge in [-0.15, -0.1) is 21.9 Å². The van der Waals surface area contributed by atoms with E-state index in [-0.39, 0.29) is 0 Å². The molecule has 73 heavy (non-hydrogen) atoms. The van der Waals surface area contributed by atoms with Crippen LogP contribution in [0.2, 0.25) is 20.1 Å². The van der Waals surface area contributed by atoms with E-state index in [9.17, 15) is 52.7 Å². The number of hydrogen-bond donors (Lipinski definition) is 0. The first-order valence-corrected chi connectivity index (χ1v) is 24.6. The Kier molecular flexibility index (Phi) is 18.8. The third-order valence-corrected chi connectivity index (χ3v) is 17.0. The summed E-state index contributed by atoms with van der Waals surface area (Å²) in [5.74, 6) is -47.4. The monoisotopic (exact) mass is 1190 g/mol.